The van der Waals surface area contributed by atoms with E-state index in [9.17, 15) is 9.59 Å². The Kier molecular flexibility index (Phi) is 4.63. The van der Waals surface area contributed by atoms with Crippen molar-refractivity contribution in [3.63, 3.8) is 0 Å². The molecule has 0 saturated carbocycles. The summed E-state index contributed by atoms with van der Waals surface area (Å²) in [7, 11) is 0. The van der Waals surface area contributed by atoms with E-state index in [0.29, 0.717) is 5.03 Å². The van der Waals surface area contributed by atoms with Gasteiger partial charge < -0.3 is 14.8 Å². The number of hydrogen-bond acceptors (Lipinski definition) is 6. The summed E-state index contributed by atoms with van der Waals surface area (Å²) in [6.07, 6.45) is 1.76. The normalized spacial score (nSPS) is 17.0. The highest BCUT2D eigenvalue weighted by Crippen LogP contribution is 2.31. The molecule has 0 atom stereocenters. The number of carbonyl (C=O) groups excluding carboxylic acids is 2. The van der Waals surface area contributed by atoms with Crippen LogP contribution in [-0.4, -0.2) is 24.0 Å². The van der Waals surface area contributed by atoms with E-state index in [0.717, 1.165) is 10.2 Å². The molecular weight excluding hydrogens is 358 g/mol. The minimum Gasteiger partial charge on any atom is -0.419 e. The average Bonchev–Trinajstić information content (AvgIpc) is 2.37. The van der Waals surface area contributed by atoms with E-state index in [1.165, 1.54) is 25.6 Å². The third kappa shape index (κ3) is 3.59. The third-order valence-electron chi connectivity index (χ3n) is 2.64. The van der Waals surface area contributed by atoms with Crippen molar-refractivity contribution in [1.29, 1.82) is 0 Å². The van der Waals surface area contributed by atoms with Gasteiger partial charge in [0.15, 0.2) is 5.57 Å². The Hall–Kier alpha value is -1.47. The molecule has 0 radical (unpaired) electrons. The summed E-state index contributed by atoms with van der Waals surface area (Å²) in [5.41, 5.74) is 0.609. The number of ether oxygens (including phenoxy) is 2. The van der Waals surface area contributed by atoms with Crippen molar-refractivity contribution in [2.75, 3.05) is 11.6 Å². The molecule has 112 valence electrons. The second-order valence-corrected chi connectivity index (χ2v) is 6.36. The Balaban J connectivity index is 2.37. The third-order valence-corrected chi connectivity index (χ3v) is 4.04. The first-order valence-electron chi connectivity index (χ1n) is 6.10. The van der Waals surface area contributed by atoms with Gasteiger partial charge in [-0.25, -0.2) is 9.59 Å². The average molecular weight is 372 g/mol. The Labute approximate surface area is 135 Å². The Morgan fingerprint density at radius 2 is 1.76 bits per heavy atom. The van der Waals surface area contributed by atoms with E-state index in [-0.39, 0.29) is 5.57 Å². The number of anilines is 1. The number of thioether (sulfide) groups is 1. The predicted octanol–water partition coefficient (Wildman–Crippen LogP) is 3.27. The van der Waals surface area contributed by atoms with E-state index >= 15 is 0 Å². The SMILES string of the molecule is CSC(Nc1ccccc1Br)=C1C(=O)OC(C)(C)OC1=O. The highest BCUT2D eigenvalue weighted by atomic mass is 79.9. The van der Waals surface area contributed by atoms with Crippen LogP contribution in [0.1, 0.15) is 13.8 Å². The van der Waals surface area contributed by atoms with Crippen LogP contribution >= 0.6 is 27.7 Å². The van der Waals surface area contributed by atoms with Crippen molar-refractivity contribution in [1.82, 2.24) is 0 Å². The number of nitrogens with one attached hydrogen (secondary N) is 1. The van der Waals surface area contributed by atoms with Gasteiger partial charge in [-0.05, 0) is 34.3 Å². The molecule has 0 unspecified atom stereocenters. The molecule has 1 aliphatic heterocycles. The van der Waals surface area contributed by atoms with Crippen LogP contribution in [0.4, 0.5) is 5.69 Å². The topological polar surface area (TPSA) is 64.6 Å². The molecule has 0 amide bonds. The Morgan fingerprint density at radius 3 is 2.29 bits per heavy atom. The maximum atomic E-state index is 12.0. The van der Waals surface area contributed by atoms with E-state index in [2.05, 4.69) is 21.2 Å². The largest absolute Gasteiger partial charge is 0.419 e. The van der Waals surface area contributed by atoms with Gasteiger partial charge in [0.25, 0.3) is 5.79 Å². The number of halogens is 1. The molecule has 0 bridgehead atoms. The van der Waals surface area contributed by atoms with Crippen molar-refractivity contribution in [2.45, 2.75) is 19.6 Å². The van der Waals surface area contributed by atoms with E-state index in [4.69, 9.17) is 9.47 Å². The summed E-state index contributed by atoms with van der Waals surface area (Å²) in [5, 5.41) is 3.43. The first kappa shape index (κ1) is 15.9. The van der Waals surface area contributed by atoms with Gasteiger partial charge in [-0.1, -0.05) is 12.1 Å². The number of hydrogen-bond donors (Lipinski definition) is 1. The Morgan fingerprint density at radius 1 is 1.19 bits per heavy atom. The van der Waals surface area contributed by atoms with Crippen LogP contribution in [0.15, 0.2) is 39.3 Å². The number of carbonyl (C=O) groups is 2. The van der Waals surface area contributed by atoms with Crippen LogP contribution in [-0.2, 0) is 19.1 Å². The van der Waals surface area contributed by atoms with Gasteiger partial charge in [0.05, 0.1) is 10.7 Å². The Bertz CT molecular complexity index is 605. The molecule has 1 aromatic carbocycles. The second-order valence-electron chi connectivity index (χ2n) is 4.69. The summed E-state index contributed by atoms with van der Waals surface area (Å²) in [6.45, 7) is 3.03. The lowest BCUT2D eigenvalue weighted by atomic mass is 10.2. The first-order valence-corrected chi connectivity index (χ1v) is 8.12. The molecular formula is C14H14BrNO4S. The van der Waals surface area contributed by atoms with Gasteiger partial charge >= 0.3 is 11.9 Å². The molecule has 7 heteroatoms. The van der Waals surface area contributed by atoms with Crippen LogP contribution in [0.2, 0.25) is 0 Å². The molecule has 0 aliphatic carbocycles. The van der Waals surface area contributed by atoms with Crippen LogP contribution in [0.25, 0.3) is 0 Å². The quantitative estimate of drug-likeness (QED) is 0.499. The maximum Gasteiger partial charge on any atom is 0.351 e. The highest BCUT2D eigenvalue weighted by Gasteiger charge is 2.41. The highest BCUT2D eigenvalue weighted by molar-refractivity contribution is 9.10. The first-order chi connectivity index (χ1) is 9.84. The number of cyclic esters (lactones) is 2. The standard InChI is InChI=1S/C14H14BrNO4S/c1-14(2)19-12(17)10(13(18)20-14)11(21-3)16-9-7-5-4-6-8(9)15/h4-7,16H,1-3H3. The summed E-state index contributed by atoms with van der Waals surface area (Å²) < 4.78 is 11.0. The van der Waals surface area contributed by atoms with Crippen LogP contribution in [0, 0.1) is 0 Å². The lowest BCUT2D eigenvalue weighted by Crippen LogP contribution is -2.42. The zero-order valence-corrected chi connectivity index (χ0v) is 14.1. The van der Waals surface area contributed by atoms with Gasteiger partial charge in [-0.3, -0.25) is 0 Å². The molecule has 1 aromatic rings. The summed E-state index contributed by atoms with van der Waals surface area (Å²) in [6, 6.07) is 7.39. The van der Waals surface area contributed by atoms with Gasteiger partial charge in [0, 0.05) is 18.3 Å². The minimum atomic E-state index is -1.24. The molecule has 0 spiro atoms. The fourth-order valence-corrected chi connectivity index (χ4v) is 2.71. The van der Waals surface area contributed by atoms with Crippen molar-refractivity contribution in [3.8, 4) is 0 Å². The fraction of sp³-hybridized carbons (Fsp3) is 0.286. The molecule has 1 heterocycles. The summed E-state index contributed by atoms with van der Waals surface area (Å²) >= 11 is 4.63. The fourth-order valence-electron chi connectivity index (χ4n) is 1.74. The minimum absolute atomic E-state index is 0.127. The van der Waals surface area contributed by atoms with Crippen LogP contribution in [0.5, 0.6) is 0 Å². The van der Waals surface area contributed by atoms with Crippen LogP contribution in [0.3, 0.4) is 0 Å². The van der Waals surface area contributed by atoms with Crippen molar-refractivity contribution < 1.29 is 19.1 Å². The number of benzene rings is 1. The molecule has 5 nitrogen and oxygen atoms in total. The van der Waals surface area contributed by atoms with Gasteiger partial charge in [0.2, 0.25) is 0 Å². The van der Waals surface area contributed by atoms with Crippen molar-refractivity contribution in [3.05, 3.63) is 39.3 Å². The van der Waals surface area contributed by atoms with Gasteiger partial charge in [-0.2, -0.15) is 0 Å². The van der Waals surface area contributed by atoms with Crippen molar-refractivity contribution >= 4 is 45.3 Å². The summed E-state index contributed by atoms with van der Waals surface area (Å²) in [4.78, 5) is 24.1. The zero-order chi connectivity index (χ0) is 15.6. The monoisotopic (exact) mass is 371 g/mol. The maximum absolute atomic E-state index is 12.0. The van der Waals surface area contributed by atoms with Gasteiger partial charge in [-0.15, -0.1) is 11.8 Å². The van der Waals surface area contributed by atoms with Gasteiger partial charge in [0.1, 0.15) is 0 Å². The smallest absolute Gasteiger partial charge is 0.351 e. The molecule has 1 aliphatic rings. The summed E-state index contributed by atoms with van der Waals surface area (Å²) in [5.74, 6) is -2.63. The van der Waals surface area contributed by atoms with E-state index in [1.807, 2.05) is 24.3 Å². The van der Waals surface area contributed by atoms with Crippen LogP contribution < -0.4 is 5.32 Å². The number of rotatable bonds is 3. The predicted molar refractivity (Wildman–Crippen MR) is 84.6 cm³/mol. The van der Waals surface area contributed by atoms with Crippen molar-refractivity contribution in [2.24, 2.45) is 0 Å². The molecule has 1 N–H and O–H groups in total. The molecule has 0 aromatic heterocycles. The number of para-hydroxylation sites is 1. The lowest BCUT2D eigenvalue weighted by Gasteiger charge is -2.30. The lowest BCUT2D eigenvalue weighted by molar-refractivity contribution is -0.222. The molecule has 21 heavy (non-hydrogen) atoms. The van der Waals surface area contributed by atoms with E-state index < -0.39 is 17.7 Å². The molecule has 2 rings (SSSR count). The molecule has 1 saturated heterocycles. The van der Waals surface area contributed by atoms with E-state index in [1.54, 1.807) is 6.26 Å². The zero-order valence-electron chi connectivity index (χ0n) is 11.7. The number of esters is 2. The molecule has 1 fully saturated rings. The second kappa shape index (κ2) is 6.11.